The number of nitrogens with zero attached hydrogens (tertiary/aromatic N) is 2. The second-order valence-corrected chi connectivity index (χ2v) is 11.4. The Kier molecular flexibility index (Phi) is 8.23. The summed E-state index contributed by atoms with van der Waals surface area (Å²) in [7, 11) is 1.64. The van der Waals surface area contributed by atoms with Gasteiger partial charge in [0.25, 0.3) is 0 Å². The minimum absolute atomic E-state index is 0.0627. The summed E-state index contributed by atoms with van der Waals surface area (Å²) < 4.78 is 11.0. The van der Waals surface area contributed by atoms with Crippen LogP contribution < -0.4 is 20.3 Å². The molecule has 0 aromatic heterocycles. The summed E-state index contributed by atoms with van der Waals surface area (Å²) in [5, 5.41) is 6.73. The first-order valence-corrected chi connectivity index (χ1v) is 13.9. The lowest BCUT2D eigenvalue weighted by molar-refractivity contribution is -0.120. The summed E-state index contributed by atoms with van der Waals surface area (Å²) in [5.74, 6) is 0.772. The van der Waals surface area contributed by atoms with Crippen molar-refractivity contribution >= 4 is 23.1 Å². The van der Waals surface area contributed by atoms with E-state index in [9.17, 15) is 9.59 Å². The van der Waals surface area contributed by atoms with Gasteiger partial charge in [0.2, 0.25) is 5.91 Å². The molecule has 5 rings (SSSR count). The highest BCUT2D eigenvalue weighted by Crippen LogP contribution is 2.48. The molecule has 0 bridgehead atoms. The number of ketones is 1. The van der Waals surface area contributed by atoms with Gasteiger partial charge < -0.3 is 25.0 Å². The zero-order chi connectivity index (χ0) is 27.4. The average Bonchev–Trinajstić information content (AvgIpc) is 3.05. The number of fused-ring (bicyclic) bond motifs is 1. The summed E-state index contributed by atoms with van der Waals surface area (Å²) in [4.78, 5) is 31.7. The molecule has 1 atom stereocenters. The Hall–Kier alpha value is -3.36. The normalized spacial score (nSPS) is 20.9. The number of carbonyl (C=O) groups excluding carboxylic acids is 2. The molecule has 2 N–H and O–H groups in total. The van der Waals surface area contributed by atoms with Gasteiger partial charge in [-0.25, -0.2) is 0 Å². The monoisotopic (exact) mass is 532 g/mol. The van der Waals surface area contributed by atoms with E-state index in [4.69, 9.17) is 9.47 Å². The molecule has 2 aromatic carbocycles. The Bertz CT molecular complexity index is 1230. The molecule has 2 aromatic rings. The van der Waals surface area contributed by atoms with E-state index in [-0.39, 0.29) is 23.7 Å². The fraction of sp³-hybridized carbons (Fsp3) is 0.484. The molecule has 1 aliphatic carbocycles. The maximum atomic E-state index is 13.8. The first kappa shape index (κ1) is 27.2. The van der Waals surface area contributed by atoms with Gasteiger partial charge >= 0.3 is 0 Å². The van der Waals surface area contributed by atoms with Crippen LogP contribution in [0, 0.1) is 5.41 Å². The lowest BCUT2D eigenvalue weighted by atomic mass is 9.73. The molecular weight excluding hydrogens is 492 g/mol. The predicted octanol–water partition coefficient (Wildman–Crippen LogP) is 4.15. The number of para-hydroxylation sites is 2. The predicted molar refractivity (Wildman–Crippen MR) is 153 cm³/mol. The smallest absolute Gasteiger partial charge is 0.239 e. The second-order valence-electron chi connectivity index (χ2n) is 11.4. The number of allylic oxidation sites excluding steroid dienone is 1. The van der Waals surface area contributed by atoms with E-state index in [1.165, 1.54) is 0 Å². The largest absolute Gasteiger partial charge is 0.497 e. The van der Waals surface area contributed by atoms with Gasteiger partial charge in [0, 0.05) is 37.3 Å². The number of morpholine rings is 1. The minimum Gasteiger partial charge on any atom is -0.497 e. The number of hydrogen-bond donors (Lipinski definition) is 2. The molecule has 208 valence electrons. The van der Waals surface area contributed by atoms with E-state index in [0.29, 0.717) is 13.0 Å². The summed E-state index contributed by atoms with van der Waals surface area (Å²) in [6, 6.07) is 15.4. The van der Waals surface area contributed by atoms with Crippen LogP contribution in [0.5, 0.6) is 5.75 Å². The molecule has 3 aliphatic rings. The van der Waals surface area contributed by atoms with E-state index in [0.717, 1.165) is 79.6 Å². The number of rotatable bonds is 8. The SMILES string of the molecule is COc1cccc(C2C3=C(CC(C)(C)CC3=O)Nc3ccccc3N2CC(=O)NCCCN2CCOCC2)c1. The van der Waals surface area contributed by atoms with Crippen LogP contribution in [0.1, 0.15) is 44.7 Å². The average molecular weight is 533 g/mol. The summed E-state index contributed by atoms with van der Waals surface area (Å²) >= 11 is 0. The molecule has 1 fully saturated rings. The summed E-state index contributed by atoms with van der Waals surface area (Å²) in [6.07, 6.45) is 2.10. The van der Waals surface area contributed by atoms with Crippen LogP contribution in [-0.2, 0) is 14.3 Å². The summed E-state index contributed by atoms with van der Waals surface area (Å²) in [6.45, 7) is 9.37. The van der Waals surface area contributed by atoms with E-state index < -0.39 is 6.04 Å². The zero-order valence-corrected chi connectivity index (χ0v) is 23.3. The van der Waals surface area contributed by atoms with Crippen LogP contribution in [0.2, 0.25) is 0 Å². The van der Waals surface area contributed by atoms with E-state index in [1.807, 2.05) is 48.5 Å². The molecule has 8 nitrogen and oxygen atoms in total. The molecule has 2 aliphatic heterocycles. The number of Topliss-reactive ketones (excluding diaryl/α,β-unsaturated/α-hetero) is 1. The third-order valence-electron chi connectivity index (χ3n) is 7.80. The van der Waals surface area contributed by atoms with Gasteiger partial charge in [0.1, 0.15) is 5.75 Å². The van der Waals surface area contributed by atoms with Crippen molar-refractivity contribution in [2.24, 2.45) is 5.41 Å². The Labute approximate surface area is 231 Å². The third-order valence-corrected chi connectivity index (χ3v) is 7.80. The number of ether oxygens (including phenoxy) is 2. The van der Waals surface area contributed by atoms with Crippen molar-refractivity contribution in [2.45, 2.75) is 39.2 Å². The van der Waals surface area contributed by atoms with Crippen molar-refractivity contribution in [3.63, 3.8) is 0 Å². The van der Waals surface area contributed by atoms with Gasteiger partial charge in [-0.3, -0.25) is 14.5 Å². The molecule has 8 heteroatoms. The van der Waals surface area contributed by atoms with Crippen molar-refractivity contribution in [3.8, 4) is 5.75 Å². The number of carbonyl (C=O) groups is 2. The lowest BCUT2D eigenvalue weighted by Crippen LogP contribution is -2.43. The van der Waals surface area contributed by atoms with Crippen LogP contribution in [-0.4, -0.2) is 69.6 Å². The van der Waals surface area contributed by atoms with Gasteiger partial charge in [-0.05, 0) is 54.6 Å². The third kappa shape index (κ3) is 6.28. The fourth-order valence-electron chi connectivity index (χ4n) is 5.95. The number of amides is 1. The molecule has 39 heavy (non-hydrogen) atoms. The number of methoxy groups -OCH3 is 1. The Morgan fingerprint density at radius 2 is 1.92 bits per heavy atom. The first-order valence-electron chi connectivity index (χ1n) is 13.9. The molecule has 0 saturated carbocycles. The number of anilines is 2. The first-order chi connectivity index (χ1) is 18.8. The van der Waals surface area contributed by atoms with Crippen LogP contribution in [0.3, 0.4) is 0 Å². The topological polar surface area (TPSA) is 83.1 Å². The highest BCUT2D eigenvalue weighted by molar-refractivity contribution is 6.01. The Morgan fingerprint density at radius 3 is 2.72 bits per heavy atom. The molecular formula is C31H40N4O4. The lowest BCUT2D eigenvalue weighted by Gasteiger charge is -2.38. The molecule has 1 unspecified atom stereocenters. The number of nitrogens with one attached hydrogen (secondary N) is 2. The maximum absolute atomic E-state index is 13.8. The van der Waals surface area contributed by atoms with Gasteiger partial charge in [-0.2, -0.15) is 0 Å². The van der Waals surface area contributed by atoms with Gasteiger partial charge in [0.15, 0.2) is 5.78 Å². The van der Waals surface area contributed by atoms with Crippen molar-refractivity contribution in [1.29, 1.82) is 0 Å². The summed E-state index contributed by atoms with van der Waals surface area (Å²) in [5.41, 5.74) is 4.25. The Balaban J connectivity index is 1.46. The number of hydrogen-bond acceptors (Lipinski definition) is 7. The minimum atomic E-state index is -0.422. The van der Waals surface area contributed by atoms with Gasteiger partial charge in [-0.1, -0.05) is 38.1 Å². The second kappa shape index (κ2) is 11.8. The van der Waals surface area contributed by atoms with Crippen LogP contribution in [0.4, 0.5) is 11.4 Å². The van der Waals surface area contributed by atoms with E-state index in [2.05, 4.69) is 34.3 Å². The standard InChI is InChI=1S/C31H40N4O4/c1-31(2)19-25-29(27(36)20-31)30(22-8-6-9-23(18-22)38-3)35(26-11-5-4-10-24(26)33-25)21-28(37)32-12-7-13-34-14-16-39-17-15-34/h4-6,8-11,18,30,33H,7,12-17,19-21H2,1-3H3,(H,32,37). The fourth-order valence-corrected chi connectivity index (χ4v) is 5.95. The van der Waals surface area contributed by atoms with Crippen molar-refractivity contribution in [2.75, 3.05) is 63.3 Å². The highest BCUT2D eigenvalue weighted by Gasteiger charge is 2.42. The van der Waals surface area contributed by atoms with E-state index >= 15 is 0 Å². The van der Waals surface area contributed by atoms with Crippen LogP contribution >= 0.6 is 0 Å². The number of benzene rings is 2. The van der Waals surface area contributed by atoms with Crippen molar-refractivity contribution in [1.82, 2.24) is 10.2 Å². The highest BCUT2D eigenvalue weighted by atomic mass is 16.5. The molecule has 1 saturated heterocycles. The van der Waals surface area contributed by atoms with Crippen molar-refractivity contribution < 1.29 is 19.1 Å². The zero-order valence-electron chi connectivity index (χ0n) is 23.3. The molecule has 0 radical (unpaired) electrons. The maximum Gasteiger partial charge on any atom is 0.239 e. The van der Waals surface area contributed by atoms with Gasteiger partial charge in [-0.15, -0.1) is 0 Å². The Morgan fingerprint density at radius 1 is 1.13 bits per heavy atom. The molecule has 0 spiro atoms. The van der Waals surface area contributed by atoms with Crippen LogP contribution in [0.25, 0.3) is 0 Å². The quantitative estimate of drug-likeness (QED) is 0.494. The van der Waals surface area contributed by atoms with Crippen LogP contribution in [0.15, 0.2) is 59.8 Å². The molecule has 1 amide bonds. The van der Waals surface area contributed by atoms with Gasteiger partial charge in [0.05, 0.1) is 44.3 Å². The molecule has 2 heterocycles. The van der Waals surface area contributed by atoms with E-state index in [1.54, 1.807) is 7.11 Å². The van der Waals surface area contributed by atoms with Crippen molar-refractivity contribution in [3.05, 3.63) is 65.4 Å².